The van der Waals surface area contributed by atoms with Crippen molar-refractivity contribution < 1.29 is 4.39 Å². The van der Waals surface area contributed by atoms with E-state index in [4.69, 9.17) is 0 Å². The average Bonchev–Trinajstić information content (AvgIpc) is 3.24. The molecule has 1 aliphatic carbocycles. The number of aliphatic imine (C=N–C) groups is 1. The molecule has 2 N–H and O–H groups in total. The molecule has 0 saturated heterocycles. The number of nitrogens with zero attached hydrogens (tertiary/aromatic N) is 1. The number of guanidine groups is 1. The molecule has 1 atom stereocenters. The number of halogens is 1. The van der Waals surface area contributed by atoms with Gasteiger partial charge in [-0.05, 0) is 43.9 Å². The molecule has 0 amide bonds. The van der Waals surface area contributed by atoms with Crippen molar-refractivity contribution in [3.63, 3.8) is 0 Å². The van der Waals surface area contributed by atoms with E-state index in [1.807, 2.05) is 6.07 Å². The van der Waals surface area contributed by atoms with Crippen molar-refractivity contribution >= 4 is 5.96 Å². The van der Waals surface area contributed by atoms with Crippen LogP contribution >= 0.6 is 0 Å². The lowest BCUT2D eigenvalue weighted by Gasteiger charge is -2.21. The highest BCUT2D eigenvalue weighted by atomic mass is 19.1. The largest absolute Gasteiger partial charge is 0.356 e. The fourth-order valence-corrected chi connectivity index (χ4v) is 2.32. The van der Waals surface area contributed by atoms with Crippen LogP contribution < -0.4 is 10.6 Å². The number of hydrogen-bond acceptors (Lipinski definition) is 1. The Hall–Kier alpha value is -1.58. The van der Waals surface area contributed by atoms with E-state index in [1.165, 1.54) is 6.07 Å². The highest BCUT2D eigenvalue weighted by Gasteiger charge is 2.44. The Balaban J connectivity index is 1.96. The van der Waals surface area contributed by atoms with Crippen LogP contribution in [0.25, 0.3) is 0 Å². The van der Waals surface area contributed by atoms with Gasteiger partial charge in [0.2, 0.25) is 0 Å². The van der Waals surface area contributed by atoms with Gasteiger partial charge in [-0.2, -0.15) is 0 Å². The van der Waals surface area contributed by atoms with E-state index in [2.05, 4.69) is 29.5 Å². The molecule has 110 valence electrons. The van der Waals surface area contributed by atoms with Gasteiger partial charge in [-0.1, -0.05) is 19.1 Å². The summed E-state index contributed by atoms with van der Waals surface area (Å²) in [6, 6.07) is 7.35. The molecule has 1 aliphatic rings. The minimum Gasteiger partial charge on any atom is -0.356 e. The van der Waals surface area contributed by atoms with E-state index in [-0.39, 0.29) is 11.2 Å². The summed E-state index contributed by atoms with van der Waals surface area (Å²) >= 11 is 0. The summed E-state index contributed by atoms with van der Waals surface area (Å²) in [5, 5.41) is 6.72. The summed E-state index contributed by atoms with van der Waals surface area (Å²) in [5.74, 6) is 0.665. The monoisotopic (exact) mass is 277 g/mol. The molecule has 0 aliphatic heterocycles. The molecule has 1 fully saturated rings. The molecule has 1 aromatic carbocycles. The van der Waals surface area contributed by atoms with Crippen molar-refractivity contribution in [2.75, 3.05) is 13.6 Å². The second kappa shape index (κ2) is 6.25. The van der Waals surface area contributed by atoms with Crippen LogP contribution in [0.15, 0.2) is 29.3 Å². The van der Waals surface area contributed by atoms with E-state index in [9.17, 15) is 4.39 Å². The van der Waals surface area contributed by atoms with E-state index in [0.29, 0.717) is 6.04 Å². The third kappa shape index (κ3) is 3.50. The SMILES string of the molecule is CCC(C)NC(=NC)NCC1(c2cccc(F)c2)CC1. The molecule has 0 aromatic heterocycles. The molecule has 1 saturated carbocycles. The van der Waals surface area contributed by atoms with Crippen LogP contribution in [-0.2, 0) is 5.41 Å². The first-order valence-corrected chi connectivity index (χ1v) is 7.33. The van der Waals surface area contributed by atoms with Crippen LogP contribution in [0, 0.1) is 5.82 Å². The zero-order valence-electron chi connectivity index (χ0n) is 12.5. The molecular weight excluding hydrogens is 253 g/mol. The Morgan fingerprint density at radius 1 is 1.45 bits per heavy atom. The van der Waals surface area contributed by atoms with Crippen LogP contribution in [-0.4, -0.2) is 25.6 Å². The molecule has 1 aromatic rings. The first kappa shape index (κ1) is 14.8. The first-order chi connectivity index (χ1) is 9.59. The van der Waals surface area contributed by atoms with Crippen molar-refractivity contribution in [3.05, 3.63) is 35.6 Å². The van der Waals surface area contributed by atoms with Gasteiger partial charge >= 0.3 is 0 Å². The van der Waals surface area contributed by atoms with Crippen LogP contribution in [0.5, 0.6) is 0 Å². The second-order valence-electron chi connectivity index (χ2n) is 5.67. The summed E-state index contributed by atoms with van der Waals surface area (Å²) in [6.45, 7) is 5.07. The Morgan fingerprint density at radius 3 is 2.75 bits per heavy atom. The molecule has 3 nitrogen and oxygen atoms in total. The maximum atomic E-state index is 13.4. The summed E-state index contributed by atoms with van der Waals surface area (Å²) in [7, 11) is 1.78. The van der Waals surface area contributed by atoms with Crippen LogP contribution in [0.3, 0.4) is 0 Å². The third-order valence-corrected chi connectivity index (χ3v) is 4.10. The van der Waals surface area contributed by atoms with Crippen molar-refractivity contribution in [2.45, 2.75) is 44.6 Å². The van der Waals surface area contributed by atoms with Gasteiger partial charge in [0, 0.05) is 25.0 Å². The summed E-state index contributed by atoms with van der Waals surface area (Å²) in [6.07, 6.45) is 3.25. The molecule has 0 heterocycles. The lowest BCUT2D eigenvalue weighted by atomic mass is 9.96. The highest BCUT2D eigenvalue weighted by Crippen LogP contribution is 2.47. The quantitative estimate of drug-likeness (QED) is 0.641. The zero-order chi connectivity index (χ0) is 14.6. The topological polar surface area (TPSA) is 36.4 Å². The summed E-state index contributed by atoms with van der Waals surface area (Å²) in [4.78, 5) is 4.24. The van der Waals surface area contributed by atoms with Gasteiger partial charge in [-0.15, -0.1) is 0 Å². The van der Waals surface area contributed by atoms with Gasteiger partial charge in [0.05, 0.1) is 0 Å². The van der Waals surface area contributed by atoms with Crippen molar-refractivity contribution in [1.82, 2.24) is 10.6 Å². The Kier molecular flexibility index (Phi) is 4.63. The number of benzene rings is 1. The van der Waals surface area contributed by atoms with Gasteiger partial charge < -0.3 is 10.6 Å². The molecule has 0 radical (unpaired) electrons. The van der Waals surface area contributed by atoms with Crippen LogP contribution in [0.1, 0.15) is 38.7 Å². The number of nitrogens with one attached hydrogen (secondary N) is 2. The molecular formula is C16H24FN3. The molecule has 2 rings (SSSR count). The third-order valence-electron chi connectivity index (χ3n) is 4.10. The standard InChI is InChI=1S/C16H24FN3/c1-4-12(2)20-15(18-3)19-11-16(8-9-16)13-6-5-7-14(17)10-13/h5-7,10,12H,4,8-9,11H2,1-3H3,(H2,18,19,20). The molecule has 0 bridgehead atoms. The van der Waals surface area contributed by atoms with Gasteiger partial charge in [-0.3, -0.25) is 4.99 Å². The Labute approximate surface area is 120 Å². The summed E-state index contributed by atoms with van der Waals surface area (Å²) in [5.41, 5.74) is 1.17. The molecule has 1 unspecified atom stereocenters. The lowest BCUT2D eigenvalue weighted by Crippen LogP contribution is -2.44. The number of hydrogen-bond donors (Lipinski definition) is 2. The van der Waals surface area contributed by atoms with E-state index in [0.717, 1.165) is 37.3 Å². The maximum Gasteiger partial charge on any atom is 0.191 e. The molecule has 0 spiro atoms. The van der Waals surface area contributed by atoms with Gasteiger partial charge in [0.1, 0.15) is 5.82 Å². The second-order valence-corrected chi connectivity index (χ2v) is 5.67. The van der Waals surface area contributed by atoms with Crippen molar-refractivity contribution in [1.29, 1.82) is 0 Å². The van der Waals surface area contributed by atoms with Crippen molar-refractivity contribution in [2.24, 2.45) is 4.99 Å². The van der Waals surface area contributed by atoms with Crippen molar-refractivity contribution in [3.8, 4) is 0 Å². The predicted octanol–water partition coefficient (Wildman–Crippen LogP) is 2.82. The lowest BCUT2D eigenvalue weighted by molar-refractivity contribution is 0.592. The maximum absolute atomic E-state index is 13.4. The predicted molar refractivity (Wildman–Crippen MR) is 81.6 cm³/mol. The minimum absolute atomic E-state index is 0.0785. The van der Waals surface area contributed by atoms with Gasteiger partial charge in [0.15, 0.2) is 5.96 Å². The average molecular weight is 277 g/mol. The van der Waals surface area contributed by atoms with Gasteiger partial charge in [0.25, 0.3) is 0 Å². The van der Waals surface area contributed by atoms with Crippen LogP contribution in [0.2, 0.25) is 0 Å². The number of rotatable bonds is 5. The smallest absolute Gasteiger partial charge is 0.191 e. The molecule has 4 heteroatoms. The van der Waals surface area contributed by atoms with E-state index >= 15 is 0 Å². The normalized spacial score (nSPS) is 18.5. The van der Waals surface area contributed by atoms with E-state index in [1.54, 1.807) is 19.2 Å². The van der Waals surface area contributed by atoms with E-state index < -0.39 is 0 Å². The van der Waals surface area contributed by atoms with Crippen LogP contribution in [0.4, 0.5) is 4.39 Å². The fourth-order valence-electron chi connectivity index (χ4n) is 2.32. The van der Waals surface area contributed by atoms with Gasteiger partial charge in [-0.25, -0.2) is 4.39 Å². The Morgan fingerprint density at radius 2 is 2.20 bits per heavy atom. The minimum atomic E-state index is -0.157. The summed E-state index contributed by atoms with van der Waals surface area (Å²) < 4.78 is 13.4. The molecule has 20 heavy (non-hydrogen) atoms. The highest BCUT2D eigenvalue weighted by molar-refractivity contribution is 5.80. The Bertz CT molecular complexity index is 480. The fraction of sp³-hybridized carbons (Fsp3) is 0.562. The first-order valence-electron chi connectivity index (χ1n) is 7.33. The zero-order valence-corrected chi connectivity index (χ0v) is 12.5.